The van der Waals surface area contributed by atoms with Crippen LogP contribution >= 0.6 is 23.2 Å². The van der Waals surface area contributed by atoms with Crippen LogP contribution in [0.1, 0.15) is 26.4 Å². The number of rotatable bonds is 4. The van der Waals surface area contributed by atoms with Gasteiger partial charge in [-0.2, -0.15) is 0 Å². The summed E-state index contributed by atoms with van der Waals surface area (Å²) in [6.45, 7) is 0. The minimum atomic E-state index is -0.798. The van der Waals surface area contributed by atoms with E-state index in [0.717, 1.165) is 6.07 Å². The summed E-state index contributed by atoms with van der Waals surface area (Å²) in [7, 11) is 0. The van der Waals surface area contributed by atoms with Gasteiger partial charge in [-0.15, -0.1) is 0 Å². The van der Waals surface area contributed by atoms with Crippen LogP contribution in [0.5, 0.6) is 0 Å². The van der Waals surface area contributed by atoms with Gasteiger partial charge >= 0.3 is 0 Å². The monoisotopic (exact) mass is 378 g/mol. The van der Waals surface area contributed by atoms with Gasteiger partial charge in [-0.3, -0.25) is 9.59 Å². The van der Waals surface area contributed by atoms with Crippen molar-refractivity contribution in [3.8, 4) is 0 Å². The molecule has 0 spiro atoms. The third-order valence-electron chi connectivity index (χ3n) is 3.28. The Bertz CT molecular complexity index is 960. The van der Waals surface area contributed by atoms with E-state index >= 15 is 0 Å². The van der Waals surface area contributed by atoms with Crippen molar-refractivity contribution in [2.75, 3.05) is 5.32 Å². The Hall–Kier alpha value is -2.77. The summed E-state index contributed by atoms with van der Waals surface area (Å²) in [5, 5.41) is 2.43. The van der Waals surface area contributed by atoms with Crippen LogP contribution in [0.15, 0.2) is 43.1 Å². The molecule has 0 atom stereocenters. The molecule has 2 heterocycles. The van der Waals surface area contributed by atoms with Crippen molar-refractivity contribution < 1.29 is 14.0 Å². The number of hydrogen-bond donors (Lipinski definition) is 2. The van der Waals surface area contributed by atoms with Gasteiger partial charge in [0.1, 0.15) is 17.8 Å². The van der Waals surface area contributed by atoms with E-state index in [1.165, 1.54) is 37.1 Å². The van der Waals surface area contributed by atoms with Crippen LogP contribution in [0.25, 0.3) is 0 Å². The number of carbonyl (C=O) groups excluding carboxylic acids is 2. The van der Waals surface area contributed by atoms with E-state index in [4.69, 9.17) is 23.2 Å². The highest BCUT2D eigenvalue weighted by Crippen LogP contribution is 2.29. The second-order valence-corrected chi connectivity index (χ2v) is 5.72. The maximum Gasteiger partial charge on any atom is 0.272 e. The molecule has 0 saturated carbocycles. The van der Waals surface area contributed by atoms with Crippen molar-refractivity contribution in [1.29, 1.82) is 0 Å². The summed E-state index contributed by atoms with van der Waals surface area (Å²) in [6, 6.07) is 3.60. The van der Waals surface area contributed by atoms with E-state index in [1.807, 2.05) is 0 Å². The topological polar surface area (TPSA) is 87.7 Å². The number of benzene rings is 1. The number of halogens is 3. The first-order valence-corrected chi connectivity index (χ1v) is 7.66. The maximum atomic E-state index is 14.0. The average Bonchev–Trinajstić information content (AvgIpc) is 3.09. The lowest BCUT2D eigenvalue weighted by atomic mass is 10.0. The van der Waals surface area contributed by atoms with E-state index in [0.29, 0.717) is 5.69 Å². The molecule has 0 aliphatic carbocycles. The fourth-order valence-corrected chi connectivity index (χ4v) is 2.49. The smallest absolute Gasteiger partial charge is 0.272 e. The number of nitrogens with one attached hydrogen (secondary N) is 2. The number of carbonyl (C=O) groups is 2. The molecule has 0 unspecified atom stereocenters. The van der Waals surface area contributed by atoms with E-state index in [2.05, 4.69) is 20.3 Å². The summed E-state index contributed by atoms with van der Waals surface area (Å²) < 4.78 is 14.0. The zero-order chi connectivity index (χ0) is 18.0. The molecule has 2 N–H and O–H groups in total. The third kappa shape index (κ3) is 3.52. The lowest BCUT2D eigenvalue weighted by Crippen LogP contribution is -2.12. The molecule has 2 aromatic heterocycles. The molecule has 1 amide bonds. The first-order valence-electron chi connectivity index (χ1n) is 6.90. The summed E-state index contributed by atoms with van der Waals surface area (Å²) in [5.74, 6) is -2.00. The number of H-pyrrole nitrogens is 1. The summed E-state index contributed by atoms with van der Waals surface area (Å²) in [5.41, 5.74) is 0.207. The molecule has 25 heavy (non-hydrogen) atoms. The van der Waals surface area contributed by atoms with Crippen molar-refractivity contribution in [3.63, 3.8) is 0 Å². The molecule has 3 rings (SSSR count). The lowest BCUT2D eigenvalue weighted by molar-refractivity contribution is 0.102. The Balaban J connectivity index is 1.85. The molecule has 0 aliphatic rings. The number of hydrogen-bond acceptors (Lipinski definition) is 4. The highest BCUT2D eigenvalue weighted by molar-refractivity contribution is 6.44. The molecule has 9 heteroatoms. The number of amides is 1. The highest BCUT2D eigenvalue weighted by atomic mass is 35.5. The Labute approximate surface area is 151 Å². The summed E-state index contributed by atoms with van der Waals surface area (Å²) in [6.07, 6.45) is 5.45. The fourth-order valence-electron chi connectivity index (χ4n) is 2.10. The summed E-state index contributed by atoms with van der Waals surface area (Å²) >= 11 is 11.8. The largest absolute Gasteiger partial charge is 0.356 e. The van der Waals surface area contributed by atoms with Gasteiger partial charge in [-0.05, 0) is 18.2 Å². The lowest BCUT2D eigenvalue weighted by Gasteiger charge is -2.05. The maximum absolute atomic E-state index is 14.0. The Morgan fingerprint density at radius 2 is 1.88 bits per heavy atom. The second kappa shape index (κ2) is 7.00. The third-order valence-corrected chi connectivity index (χ3v) is 4.08. The molecule has 0 radical (unpaired) electrons. The van der Waals surface area contributed by atoms with Crippen molar-refractivity contribution in [2.45, 2.75) is 0 Å². The first kappa shape index (κ1) is 17.1. The van der Waals surface area contributed by atoms with Gasteiger partial charge in [0.15, 0.2) is 5.78 Å². The van der Waals surface area contributed by atoms with Gasteiger partial charge < -0.3 is 10.3 Å². The Kier molecular flexibility index (Phi) is 4.78. The van der Waals surface area contributed by atoms with Crippen molar-refractivity contribution in [1.82, 2.24) is 15.0 Å². The van der Waals surface area contributed by atoms with Crippen LogP contribution in [-0.2, 0) is 0 Å². The van der Waals surface area contributed by atoms with Crippen LogP contribution in [0.3, 0.4) is 0 Å². The van der Waals surface area contributed by atoms with E-state index < -0.39 is 17.5 Å². The molecule has 6 nitrogen and oxygen atoms in total. The minimum absolute atomic E-state index is 0.0593. The van der Waals surface area contributed by atoms with Crippen LogP contribution < -0.4 is 5.32 Å². The molecule has 3 aromatic rings. The molecule has 0 saturated heterocycles. The van der Waals surface area contributed by atoms with E-state index in [-0.39, 0.29) is 26.9 Å². The Morgan fingerprint density at radius 3 is 2.60 bits per heavy atom. The van der Waals surface area contributed by atoms with Crippen LogP contribution in [0.2, 0.25) is 10.0 Å². The number of anilines is 1. The molecular formula is C16H9Cl2FN4O2. The van der Waals surface area contributed by atoms with Crippen LogP contribution in [0.4, 0.5) is 10.1 Å². The van der Waals surface area contributed by atoms with Gasteiger partial charge in [0, 0.05) is 11.8 Å². The van der Waals surface area contributed by atoms with Gasteiger partial charge in [0.25, 0.3) is 5.91 Å². The number of aromatic amines is 1. The molecule has 0 fully saturated rings. The van der Waals surface area contributed by atoms with Gasteiger partial charge in [0.05, 0.1) is 33.7 Å². The molecule has 126 valence electrons. The zero-order valence-corrected chi connectivity index (χ0v) is 13.9. The van der Waals surface area contributed by atoms with Crippen molar-refractivity contribution >= 4 is 40.6 Å². The fraction of sp³-hybridized carbons (Fsp3) is 0. The van der Waals surface area contributed by atoms with Gasteiger partial charge in [-0.25, -0.2) is 14.4 Å². The molecule has 1 aromatic carbocycles. The minimum Gasteiger partial charge on any atom is -0.356 e. The first-order chi connectivity index (χ1) is 12.0. The van der Waals surface area contributed by atoms with E-state index in [9.17, 15) is 14.0 Å². The number of nitrogens with zero attached hydrogens (tertiary/aromatic N) is 2. The molecule has 0 bridgehead atoms. The van der Waals surface area contributed by atoms with Gasteiger partial charge in [0.2, 0.25) is 0 Å². The average molecular weight is 379 g/mol. The normalized spacial score (nSPS) is 10.5. The van der Waals surface area contributed by atoms with Crippen molar-refractivity contribution in [3.05, 3.63) is 75.8 Å². The number of ketones is 1. The van der Waals surface area contributed by atoms with Gasteiger partial charge in [-0.1, -0.05) is 23.2 Å². The van der Waals surface area contributed by atoms with Crippen LogP contribution in [-0.4, -0.2) is 26.6 Å². The molecular weight excluding hydrogens is 370 g/mol. The predicted octanol–water partition coefficient (Wildman–Crippen LogP) is 3.73. The highest BCUT2D eigenvalue weighted by Gasteiger charge is 2.22. The van der Waals surface area contributed by atoms with Crippen LogP contribution in [0, 0.1) is 5.82 Å². The predicted molar refractivity (Wildman–Crippen MR) is 90.6 cm³/mol. The van der Waals surface area contributed by atoms with E-state index in [1.54, 1.807) is 0 Å². The molecule has 0 aliphatic heterocycles. The standard InChI is InChI=1S/C16H9Cl2FN4O2/c17-10-1-2-11(19)13(14(10)18)15(24)8-3-12(22-4-8)16(25)23-9-5-20-7-21-6-9/h1-7,22H,(H,23,25). The number of aromatic nitrogens is 3. The second-order valence-electron chi connectivity index (χ2n) is 4.93. The quantitative estimate of drug-likeness (QED) is 0.534. The SMILES string of the molecule is O=C(Nc1cncnc1)c1cc(C(=O)c2c(F)ccc(Cl)c2Cl)c[nH]1. The Morgan fingerprint density at radius 1 is 1.16 bits per heavy atom. The summed E-state index contributed by atoms with van der Waals surface area (Å²) in [4.78, 5) is 34.8. The zero-order valence-electron chi connectivity index (χ0n) is 12.4. The van der Waals surface area contributed by atoms with Crippen molar-refractivity contribution in [2.24, 2.45) is 0 Å².